The minimum atomic E-state index is 0.211. The van der Waals surface area contributed by atoms with Crippen molar-refractivity contribution in [3.63, 3.8) is 0 Å². The van der Waals surface area contributed by atoms with Gasteiger partial charge in [0.05, 0.1) is 6.04 Å². The molecule has 4 rings (SSSR count). The molecule has 0 radical (unpaired) electrons. The van der Waals surface area contributed by atoms with Gasteiger partial charge in [-0.1, -0.05) is 18.2 Å². The number of fused-ring (bicyclic) bond motifs is 2. The number of hydrogen-bond donors (Lipinski definition) is 1. The lowest BCUT2D eigenvalue weighted by atomic mass is 9.93. The van der Waals surface area contributed by atoms with Crippen LogP contribution in [-0.2, 0) is 6.42 Å². The van der Waals surface area contributed by atoms with Crippen LogP contribution in [0.4, 0.5) is 0 Å². The van der Waals surface area contributed by atoms with Gasteiger partial charge in [-0.15, -0.1) is 0 Å². The summed E-state index contributed by atoms with van der Waals surface area (Å²) < 4.78 is 8.18. The number of nitrogens with two attached hydrogens (primary N) is 1. The van der Waals surface area contributed by atoms with E-state index in [4.69, 9.17) is 10.5 Å². The van der Waals surface area contributed by atoms with E-state index in [1.54, 1.807) is 0 Å². The molecule has 3 heteroatoms. The average molecular weight is 254 g/mol. The Morgan fingerprint density at radius 3 is 3.00 bits per heavy atom. The molecule has 1 aromatic heterocycles. The fourth-order valence-corrected chi connectivity index (χ4v) is 3.42. The molecule has 2 N–H and O–H groups in total. The Balaban J connectivity index is 1.79. The monoisotopic (exact) mass is 254 g/mol. The molecular weight excluding hydrogens is 236 g/mol. The lowest BCUT2D eigenvalue weighted by Crippen LogP contribution is -2.21. The summed E-state index contributed by atoms with van der Waals surface area (Å²) in [7, 11) is 0. The fourth-order valence-electron chi connectivity index (χ4n) is 3.42. The van der Waals surface area contributed by atoms with E-state index in [9.17, 15) is 0 Å². The van der Waals surface area contributed by atoms with Gasteiger partial charge in [0.2, 0.25) is 0 Å². The molecule has 1 aliphatic heterocycles. The van der Waals surface area contributed by atoms with Crippen LogP contribution >= 0.6 is 0 Å². The first-order valence-electron chi connectivity index (χ1n) is 7.01. The van der Waals surface area contributed by atoms with E-state index >= 15 is 0 Å². The molecule has 2 aromatic rings. The number of aromatic nitrogens is 1. The van der Waals surface area contributed by atoms with Gasteiger partial charge in [-0.05, 0) is 37.0 Å². The third-order valence-corrected chi connectivity index (χ3v) is 4.40. The van der Waals surface area contributed by atoms with Gasteiger partial charge in [-0.2, -0.15) is 0 Å². The SMILES string of the molecule is NC1CCCc2c1ccn2C1COc2ccccc21. The van der Waals surface area contributed by atoms with Crippen molar-refractivity contribution in [3.8, 4) is 5.75 Å². The zero-order valence-corrected chi connectivity index (χ0v) is 10.9. The Bertz CT molecular complexity index is 617. The van der Waals surface area contributed by atoms with Crippen LogP contribution in [0.2, 0.25) is 0 Å². The van der Waals surface area contributed by atoms with Crippen LogP contribution in [0.1, 0.15) is 41.7 Å². The highest BCUT2D eigenvalue weighted by Crippen LogP contribution is 2.38. The van der Waals surface area contributed by atoms with Crippen molar-refractivity contribution in [2.45, 2.75) is 31.3 Å². The van der Waals surface area contributed by atoms with Crippen LogP contribution in [0.15, 0.2) is 36.5 Å². The predicted molar refractivity (Wildman–Crippen MR) is 74.4 cm³/mol. The second-order valence-electron chi connectivity index (χ2n) is 5.49. The molecule has 19 heavy (non-hydrogen) atoms. The van der Waals surface area contributed by atoms with Crippen LogP contribution in [0, 0.1) is 0 Å². The maximum atomic E-state index is 6.21. The average Bonchev–Trinajstić information content (AvgIpc) is 3.02. The van der Waals surface area contributed by atoms with Crippen LogP contribution in [-0.4, -0.2) is 11.2 Å². The molecule has 0 spiro atoms. The molecule has 3 nitrogen and oxygen atoms in total. The molecule has 1 aliphatic carbocycles. The minimum Gasteiger partial charge on any atom is -0.491 e. The molecule has 1 aromatic carbocycles. The third kappa shape index (κ3) is 1.61. The van der Waals surface area contributed by atoms with Crippen molar-refractivity contribution in [2.24, 2.45) is 5.73 Å². The number of hydrogen-bond acceptors (Lipinski definition) is 2. The van der Waals surface area contributed by atoms with Crippen LogP contribution in [0.25, 0.3) is 0 Å². The zero-order valence-electron chi connectivity index (χ0n) is 10.9. The highest BCUT2D eigenvalue weighted by atomic mass is 16.5. The number of benzene rings is 1. The molecule has 0 saturated carbocycles. The minimum absolute atomic E-state index is 0.211. The summed E-state index contributed by atoms with van der Waals surface area (Å²) in [5, 5.41) is 0. The van der Waals surface area contributed by atoms with E-state index < -0.39 is 0 Å². The van der Waals surface area contributed by atoms with E-state index in [0.29, 0.717) is 6.04 Å². The number of ether oxygens (including phenoxy) is 1. The van der Waals surface area contributed by atoms with Gasteiger partial charge in [0.1, 0.15) is 12.4 Å². The quantitative estimate of drug-likeness (QED) is 0.850. The molecule has 98 valence electrons. The standard InChI is InChI=1S/C16H18N2O/c17-13-5-3-6-14-11(13)8-9-18(14)15-10-19-16-7-2-1-4-12(15)16/h1-2,4,7-9,13,15H,3,5-6,10,17H2. The Morgan fingerprint density at radius 2 is 2.05 bits per heavy atom. The Kier molecular flexibility index (Phi) is 2.42. The lowest BCUT2D eigenvalue weighted by Gasteiger charge is -2.23. The summed E-state index contributed by atoms with van der Waals surface area (Å²) in [6.07, 6.45) is 5.61. The van der Waals surface area contributed by atoms with Crippen LogP contribution in [0.5, 0.6) is 5.75 Å². The molecule has 0 fully saturated rings. The topological polar surface area (TPSA) is 40.2 Å². The van der Waals surface area contributed by atoms with Crippen molar-refractivity contribution in [1.29, 1.82) is 0 Å². The van der Waals surface area contributed by atoms with E-state index in [1.165, 1.54) is 23.2 Å². The van der Waals surface area contributed by atoms with Crippen molar-refractivity contribution in [1.82, 2.24) is 4.57 Å². The number of para-hydroxylation sites is 1. The van der Waals surface area contributed by atoms with Crippen molar-refractivity contribution >= 4 is 0 Å². The summed E-state index contributed by atoms with van der Waals surface area (Å²) in [5.74, 6) is 1.02. The van der Waals surface area contributed by atoms with E-state index in [2.05, 4.69) is 35.0 Å². The number of rotatable bonds is 1. The third-order valence-electron chi connectivity index (χ3n) is 4.40. The van der Waals surface area contributed by atoms with Gasteiger partial charge in [-0.25, -0.2) is 0 Å². The fraction of sp³-hybridized carbons (Fsp3) is 0.375. The number of nitrogens with zero attached hydrogens (tertiary/aromatic N) is 1. The van der Waals surface area contributed by atoms with Gasteiger partial charge in [-0.3, -0.25) is 0 Å². The molecule has 2 aliphatic rings. The first kappa shape index (κ1) is 11.1. The van der Waals surface area contributed by atoms with Crippen molar-refractivity contribution in [3.05, 3.63) is 53.3 Å². The maximum absolute atomic E-state index is 6.21. The second-order valence-corrected chi connectivity index (χ2v) is 5.49. The zero-order chi connectivity index (χ0) is 12.8. The lowest BCUT2D eigenvalue weighted by molar-refractivity contribution is 0.313. The predicted octanol–water partition coefficient (Wildman–Crippen LogP) is 2.81. The molecule has 2 unspecified atom stereocenters. The second kappa shape index (κ2) is 4.14. The Labute approximate surface area is 113 Å². The normalized spacial score (nSPS) is 24.7. The van der Waals surface area contributed by atoms with Crippen LogP contribution in [0.3, 0.4) is 0 Å². The summed E-state index contributed by atoms with van der Waals surface area (Å²) >= 11 is 0. The highest BCUT2D eigenvalue weighted by Gasteiger charge is 2.29. The van der Waals surface area contributed by atoms with Gasteiger partial charge in [0.25, 0.3) is 0 Å². The molecule has 2 heterocycles. The first-order valence-corrected chi connectivity index (χ1v) is 7.01. The molecule has 2 atom stereocenters. The Morgan fingerprint density at radius 1 is 1.16 bits per heavy atom. The summed E-state index contributed by atoms with van der Waals surface area (Å²) in [5.41, 5.74) is 10.2. The van der Waals surface area contributed by atoms with Gasteiger partial charge < -0.3 is 15.0 Å². The summed E-state index contributed by atoms with van der Waals surface area (Å²) in [4.78, 5) is 0. The van der Waals surface area contributed by atoms with Crippen molar-refractivity contribution < 1.29 is 4.74 Å². The largest absolute Gasteiger partial charge is 0.491 e. The molecule has 0 amide bonds. The van der Waals surface area contributed by atoms with E-state index in [1.807, 2.05) is 6.07 Å². The Hall–Kier alpha value is -1.74. The van der Waals surface area contributed by atoms with Crippen LogP contribution < -0.4 is 10.5 Å². The van der Waals surface area contributed by atoms with E-state index in [-0.39, 0.29) is 6.04 Å². The van der Waals surface area contributed by atoms with Gasteiger partial charge in [0, 0.05) is 23.5 Å². The smallest absolute Gasteiger partial charge is 0.124 e. The van der Waals surface area contributed by atoms with E-state index in [0.717, 1.165) is 25.2 Å². The summed E-state index contributed by atoms with van der Waals surface area (Å²) in [6.45, 7) is 0.732. The van der Waals surface area contributed by atoms with Crippen molar-refractivity contribution in [2.75, 3.05) is 6.61 Å². The maximum Gasteiger partial charge on any atom is 0.124 e. The highest BCUT2D eigenvalue weighted by molar-refractivity contribution is 5.41. The molecule has 0 saturated heterocycles. The molecular formula is C16H18N2O. The first-order chi connectivity index (χ1) is 9.34. The molecule has 0 bridgehead atoms. The van der Waals surface area contributed by atoms with Gasteiger partial charge in [0.15, 0.2) is 0 Å². The summed E-state index contributed by atoms with van der Waals surface area (Å²) in [6, 6.07) is 11.1. The van der Waals surface area contributed by atoms with Gasteiger partial charge >= 0.3 is 0 Å².